The van der Waals surface area contributed by atoms with Crippen LogP contribution in [0.15, 0.2) is 49.2 Å². The highest BCUT2D eigenvalue weighted by Crippen LogP contribution is 2.14. The van der Waals surface area contributed by atoms with Gasteiger partial charge in [-0.3, -0.25) is 4.98 Å². The zero-order chi connectivity index (χ0) is 38.2. The van der Waals surface area contributed by atoms with Gasteiger partial charge in [0, 0.05) is 23.0 Å². The summed E-state index contributed by atoms with van der Waals surface area (Å²) in [4.78, 5) is 26.3. The highest BCUT2D eigenvalue weighted by Gasteiger charge is 2.03. The van der Waals surface area contributed by atoms with E-state index in [0.717, 1.165) is 24.1 Å². The highest BCUT2D eigenvalue weighted by atomic mass is 16.5. The first kappa shape index (κ1) is 50.4. The van der Waals surface area contributed by atoms with Crippen LogP contribution in [0, 0.1) is 6.92 Å². The van der Waals surface area contributed by atoms with Gasteiger partial charge in [0.15, 0.2) is 0 Å². The first-order valence-electron chi connectivity index (χ1n) is 20.9. The molecule has 0 aliphatic rings. The van der Waals surface area contributed by atoms with E-state index in [4.69, 9.17) is 9.47 Å². The van der Waals surface area contributed by atoms with Gasteiger partial charge in [0.05, 0.1) is 13.2 Å². The van der Waals surface area contributed by atoms with E-state index in [1.165, 1.54) is 154 Å². The van der Waals surface area contributed by atoms with Crippen molar-refractivity contribution < 1.29 is 19.1 Å². The Balaban J connectivity index is 0. The molecule has 1 heterocycles. The average Bonchev–Trinajstić information content (AvgIpc) is 3.12. The van der Waals surface area contributed by atoms with Gasteiger partial charge in [-0.2, -0.15) is 0 Å². The van der Waals surface area contributed by atoms with Crippen LogP contribution in [0.4, 0.5) is 0 Å². The molecule has 51 heavy (non-hydrogen) atoms. The number of hydrogen-bond donors (Lipinski definition) is 0. The molecule has 1 aromatic heterocycles. The molecule has 5 nitrogen and oxygen atoms in total. The summed E-state index contributed by atoms with van der Waals surface area (Å²) in [5.41, 5.74) is 3.09. The fraction of sp³-hybridized carbons (Fsp3) is 0.717. The zero-order valence-electron chi connectivity index (χ0n) is 34.3. The highest BCUT2D eigenvalue weighted by molar-refractivity contribution is 5.87. The number of hydrogen-bond acceptors (Lipinski definition) is 5. The summed E-state index contributed by atoms with van der Waals surface area (Å²) < 4.78 is 10.1. The van der Waals surface area contributed by atoms with Gasteiger partial charge in [0.1, 0.15) is 0 Å². The molecule has 0 aliphatic heterocycles. The first-order valence-corrected chi connectivity index (χ1v) is 20.9. The van der Waals surface area contributed by atoms with Crippen molar-refractivity contribution in [2.45, 2.75) is 202 Å². The minimum Gasteiger partial charge on any atom is -0.462 e. The summed E-state index contributed by atoms with van der Waals surface area (Å²) in [6.07, 6.45) is 38.3. The molecule has 0 saturated carbocycles. The number of aryl methyl sites for hydroxylation is 1. The van der Waals surface area contributed by atoms with Crippen molar-refractivity contribution in [1.29, 1.82) is 0 Å². The number of rotatable bonds is 31. The minimum absolute atomic E-state index is 0.254. The van der Waals surface area contributed by atoms with Crippen molar-refractivity contribution >= 4 is 18.0 Å². The van der Waals surface area contributed by atoms with Crippen molar-refractivity contribution in [1.82, 2.24) is 4.98 Å². The molecule has 5 heteroatoms. The molecule has 0 fully saturated rings. The smallest absolute Gasteiger partial charge is 0.333 e. The van der Waals surface area contributed by atoms with Crippen LogP contribution >= 0.6 is 0 Å². The van der Waals surface area contributed by atoms with Crippen LogP contribution in [0.3, 0.4) is 0 Å². The number of aromatic nitrogens is 1. The summed E-state index contributed by atoms with van der Waals surface area (Å²) in [6, 6.07) is 3.96. The fourth-order valence-electron chi connectivity index (χ4n) is 5.42. The van der Waals surface area contributed by atoms with Crippen molar-refractivity contribution in [3.05, 3.63) is 60.5 Å². The molecule has 0 spiro atoms. The molecular formula is C46H81NO4. The van der Waals surface area contributed by atoms with Gasteiger partial charge in [0.25, 0.3) is 0 Å². The lowest BCUT2D eigenvalue weighted by Crippen LogP contribution is -2.05. The van der Waals surface area contributed by atoms with Crippen LogP contribution in [-0.2, 0) is 19.1 Å². The molecular weight excluding hydrogens is 631 g/mol. The number of ether oxygens (including phenoxy) is 2. The van der Waals surface area contributed by atoms with Crippen molar-refractivity contribution in [3.8, 4) is 0 Å². The largest absolute Gasteiger partial charge is 0.462 e. The second kappa shape index (κ2) is 40.1. The fourth-order valence-corrected chi connectivity index (χ4v) is 5.42. The third-order valence-electron chi connectivity index (χ3n) is 8.83. The van der Waals surface area contributed by atoms with Gasteiger partial charge < -0.3 is 9.47 Å². The van der Waals surface area contributed by atoms with E-state index >= 15 is 0 Å². The van der Waals surface area contributed by atoms with Crippen molar-refractivity contribution in [2.75, 3.05) is 13.2 Å². The van der Waals surface area contributed by atoms with Crippen molar-refractivity contribution in [2.24, 2.45) is 0 Å². The van der Waals surface area contributed by atoms with Crippen LogP contribution in [0.25, 0.3) is 6.08 Å². The monoisotopic (exact) mass is 712 g/mol. The molecule has 0 atom stereocenters. The SMILES string of the molecule is C=C(C)C(=O)OCCCCCCCCCCCC.C=C(C)C(=O)OCCCCCCCCCCCCCCCCCC.C=Cc1ccc(C)nc1. The lowest BCUT2D eigenvalue weighted by molar-refractivity contribution is -0.139. The van der Waals surface area contributed by atoms with Crippen molar-refractivity contribution in [3.63, 3.8) is 0 Å². The van der Waals surface area contributed by atoms with Crippen LogP contribution in [0.5, 0.6) is 0 Å². The van der Waals surface area contributed by atoms with Gasteiger partial charge in [-0.05, 0) is 45.2 Å². The topological polar surface area (TPSA) is 65.5 Å². The predicted octanol–water partition coefficient (Wildman–Crippen LogP) is 14.4. The second-order valence-electron chi connectivity index (χ2n) is 14.3. The molecule has 0 aliphatic carbocycles. The van der Waals surface area contributed by atoms with E-state index in [2.05, 4.69) is 38.6 Å². The summed E-state index contributed by atoms with van der Waals surface area (Å²) in [5.74, 6) is -0.512. The molecule has 0 N–H and O–H groups in total. The minimum atomic E-state index is -0.258. The Kier molecular flexibility index (Phi) is 39.6. The Labute approximate surface area is 316 Å². The van der Waals surface area contributed by atoms with E-state index in [1.807, 2.05) is 25.3 Å². The lowest BCUT2D eigenvalue weighted by Gasteiger charge is -2.05. The number of esters is 2. The van der Waals surface area contributed by atoms with Gasteiger partial charge >= 0.3 is 11.9 Å². The maximum Gasteiger partial charge on any atom is 0.333 e. The number of nitrogens with zero attached hydrogens (tertiary/aromatic N) is 1. The molecule has 0 bridgehead atoms. The Morgan fingerprint density at radius 1 is 0.549 bits per heavy atom. The predicted molar refractivity (Wildman–Crippen MR) is 222 cm³/mol. The van der Waals surface area contributed by atoms with Gasteiger partial charge in [0.2, 0.25) is 0 Å². The Morgan fingerprint density at radius 3 is 1.08 bits per heavy atom. The molecule has 0 radical (unpaired) electrons. The quantitative estimate of drug-likeness (QED) is 0.0436. The van der Waals surface area contributed by atoms with Crippen LogP contribution < -0.4 is 0 Å². The summed E-state index contributed by atoms with van der Waals surface area (Å²) in [5, 5.41) is 0. The number of pyridine rings is 1. The van der Waals surface area contributed by atoms with Crippen LogP contribution in [0.1, 0.15) is 206 Å². The Morgan fingerprint density at radius 2 is 0.843 bits per heavy atom. The second-order valence-corrected chi connectivity index (χ2v) is 14.3. The standard InChI is InChI=1S/C22H42O2.C16H30O2.C8H9N/c1-4-5-6-7-8-9-10-11-12-13-14-15-16-17-18-19-20-24-22(23)21(2)3;1-4-5-6-7-8-9-10-11-12-13-14-18-16(17)15(2)3;1-3-8-5-4-7(2)9-6-8/h2,4-20H2,1,3H3;2,4-14H2,1,3H3;3-6H,1H2,2H3. The molecule has 0 unspecified atom stereocenters. The van der Waals surface area contributed by atoms with E-state index in [9.17, 15) is 9.59 Å². The number of unbranched alkanes of at least 4 members (excludes halogenated alkanes) is 24. The van der Waals surface area contributed by atoms with Crippen LogP contribution in [-0.4, -0.2) is 30.1 Å². The maximum atomic E-state index is 11.2. The molecule has 1 aromatic rings. The maximum absolute atomic E-state index is 11.2. The molecule has 0 saturated heterocycles. The van der Waals surface area contributed by atoms with Gasteiger partial charge in [-0.15, -0.1) is 0 Å². The van der Waals surface area contributed by atoms with E-state index < -0.39 is 0 Å². The molecule has 1 rings (SSSR count). The average molecular weight is 712 g/mol. The van der Waals surface area contributed by atoms with E-state index in [1.54, 1.807) is 19.9 Å². The summed E-state index contributed by atoms with van der Waals surface area (Å²) >= 11 is 0. The van der Waals surface area contributed by atoms with Crippen LogP contribution in [0.2, 0.25) is 0 Å². The number of carbonyl (C=O) groups is 2. The van der Waals surface area contributed by atoms with E-state index in [0.29, 0.717) is 24.4 Å². The zero-order valence-corrected chi connectivity index (χ0v) is 34.3. The normalized spacial score (nSPS) is 10.3. The lowest BCUT2D eigenvalue weighted by atomic mass is 10.0. The Hall–Kier alpha value is -2.69. The third kappa shape index (κ3) is 39.9. The Bertz CT molecular complexity index is 968. The molecule has 0 aromatic carbocycles. The summed E-state index contributed by atoms with van der Waals surface area (Å²) in [7, 11) is 0. The number of carbonyl (C=O) groups excluding carboxylic acids is 2. The van der Waals surface area contributed by atoms with Gasteiger partial charge in [-0.25, -0.2) is 9.59 Å². The first-order chi connectivity index (χ1) is 24.7. The molecule has 294 valence electrons. The molecule has 0 amide bonds. The third-order valence-corrected chi connectivity index (χ3v) is 8.83. The summed E-state index contributed by atoms with van der Waals surface area (Å²) in [6.45, 7) is 21.7. The van der Waals surface area contributed by atoms with E-state index in [-0.39, 0.29) is 11.9 Å². The van der Waals surface area contributed by atoms with Gasteiger partial charge in [-0.1, -0.05) is 200 Å².